The van der Waals surface area contributed by atoms with Gasteiger partial charge in [-0.05, 0) is 90.7 Å². The van der Waals surface area contributed by atoms with E-state index in [-0.39, 0.29) is 29.8 Å². The summed E-state index contributed by atoms with van der Waals surface area (Å²) in [7, 11) is -3.53. The first-order valence-electron chi connectivity index (χ1n) is 13.4. The summed E-state index contributed by atoms with van der Waals surface area (Å²) in [5, 5.41) is 13.3. The lowest BCUT2D eigenvalue weighted by molar-refractivity contribution is 0.0964. The van der Waals surface area contributed by atoms with E-state index >= 15 is 0 Å². The van der Waals surface area contributed by atoms with Crippen molar-refractivity contribution in [2.75, 3.05) is 17.5 Å². The van der Waals surface area contributed by atoms with E-state index in [1.165, 1.54) is 43.4 Å². The maximum atomic E-state index is 13.6. The average molecular weight is 580 g/mol. The summed E-state index contributed by atoms with van der Waals surface area (Å²) in [5.74, 6) is -1.07. The van der Waals surface area contributed by atoms with Gasteiger partial charge in [-0.25, -0.2) is 17.2 Å². The van der Waals surface area contributed by atoms with E-state index in [1.54, 1.807) is 18.2 Å². The van der Waals surface area contributed by atoms with Gasteiger partial charge in [0.2, 0.25) is 10.0 Å². The minimum Gasteiger partial charge on any atom is -0.455 e. The van der Waals surface area contributed by atoms with Gasteiger partial charge in [0, 0.05) is 24.1 Å². The third-order valence-electron chi connectivity index (χ3n) is 7.54. The third-order valence-corrected chi connectivity index (χ3v) is 8.89. The highest BCUT2D eigenvalue weighted by atomic mass is 32.2. The molecule has 12 heteroatoms. The monoisotopic (exact) mass is 580 g/mol. The van der Waals surface area contributed by atoms with Crippen LogP contribution in [0.5, 0.6) is 0 Å². The Morgan fingerprint density at radius 2 is 1.78 bits per heavy atom. The summed E-state index contributed by atoms with van der Waals surface area (Å²) < 4.78 is 67.7. The molecule has 0 saturated heterocycles. The Labute approximate surface area is 235 Å². The zero-order valence-electron chi connectivity index (χ0n) is 22.1. The molecular weight excluding hydrogens is 553 g/mol. The number of halogens is 2. The van der Waals surface area contributed by atoms with E-state index in [4.69, 9.17) is 9.07 Å². The second-order valence-electron chi connectivity index (χ2n) is 10.4. The fourth-order valence-corrected chi connectivity index (χ4v) is 6.55. The molecule has 0 spiro atoms. The molecule has 1 atom stereocenters. The van der Waals surface area contributed by atoms with Crippen LogP contribution < -0.4 is 15.5 Å². The molecule has 3 aromatic carbocycles. The quantitative estimate of drug-likeness (QED) is 0.249. The number of rotatable bonds is 9. The van der Waals surface area contributed by atoms with Crippen molar-refractivity contribution in [3.8, 4) is 11.3 Å². The van der Waals surface area contributed by atoms with Crippen molar-refractivity contribution in [1.29, 1.82) is 0 Å². The second-order valence-corrected chi connectivity index (χ2v) is 12.3. The van der Waals surface area contributed by atoms with Crippen LogP contribution in [0.3, 0.4) is 0 Å². The Kier molecular flexibility index (Phi) is 7.09. The molecule has 6 rings (SSSR count). The van der Waals surface area contributed by atoms with Crippen LogP contribution in [0.15, 0.2) is 59.0 Å². The molecule has 3 N–H and O–H groups in total. The van der Waals surface area contributed by atoms with Crippen molar-refractivity contribution >= 4 is 45.2 Å². The maximum Gasteiger partial charge on any atom is 0.492 e. The van der Waals surface area contributed by atoms with Crippen LogP contribution in [0.1, 0.15) is 59.2 Å². The van der Waals surface area contributed by atoms with Crippen LogP contribution in [0.25, 0.3) is 22.3 Å². The maximum absolute atomic E-state index is 13.6. The predicted molar refractivity (Wildman–Crippen MR) is 151 cm³/mol. The highest BCUT2D eigenvalue weighted by molar-refractivity contribution is 7.92. The number of fused-ring (bicyclic) bond motifs is 2. The summed E-state index contributed by atoms with van der Waals surface area (Å²) in [6, 6.07) is 13.0. The SMILES string of the molecule is CNC(=O)c1c(-c2ccc(F)cc2)oc2cc(NS(=O)(=O)CCCC3OB(O)c4cc(F)ccc43)c(C3CC3)cc12. The number of anilines is 1. The summed E-state index contributed by atoms with van der Waals surface area (Å²) in [5.41, 5.74) is 3.29. The van der Waals surface area contributed by atoms with Gasteiger partial charge >= 0.3 is 7.12 Å². The van der Waals surface area contributed by atoms with Crippen LogP contribution in [-0.2, 0) is 14.7 Å². The minimum absolute atomic E-state index is 0.143. The highest BCUT2D eigenvalue weighted by Crippen LogP contribution is 2.47. The number of benzene rings is 3. The van der Waals surface area contributed by atoms with Crippen molar-refractivity contribution in [1.82, 2.24) is 5.32 Å². The first-order chi connectivity index (χ1) is 19.6. The Morgan fingerprint density at radius 1 is 1.05 bits per heavy atom. The van der Waals surface area contributed by atoms with Crippen LogP contribution in [0.2, 0.25) is 0 Å². The van der Waals surface area contributed by atoms with Gasteiger partial charge in [0.25, 0.3) is 5.91 Å². The first-order valence-corrected chi connectivity index (χ1v) is 15.0. The van der Waals surface area contributed by atoms with Gasteiger partial charge in [0.1, 0.15) is 23.0 Å². The molecule has 1 amide bonds. The van der Waals surface area contributed by atoms with Gasteiger partial charge in [0.05, 0.1) is 23.1 Å². The summed E-state index contributed by atoms with van der Waals surface area (Å²) in [6.07, 6.45) is 1.80. The Morgan fingerprint density at radius 3 is 2.49 bits per heavy atom. The van der Waals surface area contributed by atoms with Crippen molar-refractivity contribution in [3.63, 3.8) is 0 Å². The molecule has 2 heterocycles. The molecule has 212 valence electrons. The van der Waals surface area contributed by atoms with Crippen molar-refractivity contribution in [3.05, 3.63) is 82.9 Å². The van der Waals surface area contributed by atoms with Crippen LogP contribution in [-0.4, -0.2) is 39.3 Å². The number of nitrogens with one attached hydrogen (secondary N) is 2. The fourth-order valence-electron chi connectivity index (χ4n) is 5.39. The van der Waals surface area contributed by atoms with E-state index in [9.17, 15) is 27.0 Å². The number of amides is 1. The van der Waals surface area contributed by atoms with Gasteiger partial charge in [-0.15, -0.1) is 0 Å². The lowest BCUT2D eigenvalue weighted by atomic mass is 9.79. The number of hydrogen-bond acceptors (Lipinski definition) is 6. The number of sulfonamides is 1. The molecule has 0 bridgehead atoms. The standard InChI is InChI=1S/C29H27BF2N2O6S/c1-33-29(35)27-22-14-21(16-4-5-16)24(15-26(22)39-28(27)17-6-8-18(31)9-7-17)34-41(37,38)12-2-3-25-20-11-10-19(32)13-23(20)30(36)40-25/h6-11,13-16,25,34,36H,2-5,12H2,1H3,(H,33,35). The van der Waals surface area contributed by atoms with E-state index in [0.717, 1.165) is 18.4 Å². The van der Waals surface area contributed by atoms with Crippen LogP contribution in [0.4, 0.5) is 14.5 Å². The van der Waals surface area contributed by atoms with Crippen molar-refractivity contribution in [2.45, 2.75) is 37.7 Å². The summed E-state index contributed by atoms with van der Waals surface area (Å²) >= 11 is 0. The molecule has 1 unspecified atom stereocenters. The molecule has 1 fully saturated rings. The Hall–Kier alpha value is -3.74. The van der Waals surface area contributed by atoms with Gasteiger partial charge in [-0.2, -0.15) is 0 Å². The van der Waals surface area contributed by atoms with E-state index < -0.39 is 34.9 Å². The molecule has 1 aromatic heterocycles. The van der Waals surface area contributed by atoms with Crippen molar-refractivity contribution < 1.29 is 36.1 Å². The molecule has 1 saturated carbocycles. The Balaban J connectivity index is 1.26. The average Bonchev–Trinajstić information content (AvgIpc) is 3.65. The van der Waals surface area contributed by atoms with Gasteiger partial charge in [-0.1, -0.05) is 6.07 Å². The second kappa shape index (κ2) is 10.6. The van der Waals surface area contributed by atoms with Gasteiger partial charge in [-0.3, -0.25) is 9.52 Å². The lowest BCUT2D eigenvalue weighted by Gasteiger charge is -2.15. The minimum atomic E-state index is -3.79. The highest BCUT2D eigenvalue weighted by Gasteiger charge is 2.35. The van der Waals surface area contributed by atoms with E-state index in [1.807, 2.05) is 0 Å². The molecule has 1 aliphatic carbocycles. The predicted octanol–water partition coefficient (Wildman–Crippen LogP) is 4.60. The molecule has 2 aliphatic rings. The fraction of sp³-hybridized carbons (Fsp3) is 0.276. The van der Waals surface area contributed by atoms with Crippen molar-refractivity contribution in [2.24, 2.45) is 0 Å². The topological polar surface area (TPSA) is 118 Å². The third kappa shape index (κ3) is 5.47. The molecule has 1 aliphatic heterocycles. The zero-order valence-corrected chi connectivity index (χ0v) is 22.9. The molecular formula is C29H27BF2N2O6S. The lowest BCUT2D eigenvalue weighted by Crippen LogP contribution is -2.28. The number of carbonyl (C=O) groups excluding carboxylic acids is 1. The summed E-state index contributed by atoms with van der Waals surface area (Å²) in [4.78, 5) is 12.9. The first kappa shape index (κ1) is 27.4. The molecule has 4 aromatic rings. The van der Waals surface area contributed by atoms with Crippen LogP contribution >= 0.6 is 0 Å². The largest absolute Gasteiger partial charge is 0.492 e. The van der Waals surface area contributed by atoms with E-state index in [2.05, 4.69) is 10.0 Å². The Bertz CT molecular complexity index is 1760. The molecule has 8 nitrogen and oxygen atoms in total. The number of carbonyl (C=O) groups is 1. The molecule has 0 radical (unpaired) electrons. The number of hydrogen-bond donors (Lipinski definition) is 3. The van der Waals surface area contributed by atoms with E-state index in [0.29, 0.717) is 45.2 Å². The van der Waals surface area contributed by atoms with Gasteiger partial charge in [0.15, 0.2) is 0 Å². The van der Waals surface area contributed by atoms with Crippen LogP contribution in [0, 0.1) is 11.6 Å². The number of furan rings is 1. The zero-order chi connectivity index (χ0) is 28.9. The molecule has 41 heavy (non-hydrogen) atoms. The normalized spacial score (nSPS) is 16.7. The summed E-state index contributed by atoms with van der Waals surface area (Å²) in [6.45, 7) is 0. The van der Waals surface area contributed by atoms with Gasteiger partial charge < -0.3 is 19.4 Å². The smallest absolute Gasteiger partial charge is 0.455 e.